The zero-order chi connectivity index (χ0) is 20.7. The lowest BCUT2D eigenvalue weighted by atomic mass is 9.95. The first-order chi connectivity index (χ1) is 13.9. The number of hydrogen-bond acceptors (Lipinski definition) is 4. The van der Waals surface area contributed by atoms with Crippen molar-refractivity contribution in [2.45, 2.75) is 39.7 Å². The van der Waals surface area contributed by atoms with Gasteiger partial charge >= 0.3 is 0 Å². The number of benzene rings is 1. The number of nitrogens with one attached hydrogen (secondary N) is 1. The number of nitrogens with zero attached hydrogens (tertiary/aromatic N) is 3. The van der Waals surface area contributed by atoms with Crippen LogP contribution in [0.25, 0.3) is 10.9 Å². The van der Waals surface area contributed by atoms with E-state index in [2.05, 4.69) is 54.7 Å². The van der Waals surface area contributed by atoms with Gasteiger partial charge in [-0.05, 0) is 37.5 Å². The molecule has 3 aromatic rings. The third-order valence-electron chi connectivity index (χ3n) is 5.52. The van der Waals surface area contributed by atoms with Crippen LogP contribution in [0.1, 0.15) is 48.1 Å². The zero-order valence-corrected chi connectivity index (χ0v) is 17.5. The van der Waals surface area contributed by atoms with Gasteiger partial charge in [-0.3, -0.25) is 9.80 Å². The molecule has 3 heterocycles. The summed E-state index contributed by atoms with van der Waals surface area (Å²) < 4.78 is 0. The summed E-state index contributed by atoms with van der Waals surface area (Å²) in [4.78, 5) is 19.9. The summed E-state index contributed by atoms with van der Waals surface area (Å²) in [5, 5.41) is 8.07. The van der Waals surface area contributed by atoms with Crippen LogP contribution in [0.5, 0.6) is 0 Å². The number of hydrogen-bond donors (Lipinski definition) is 1. The number of halogens is 1. The van der Waals surface area contributed by atoms with Crippen molar-refractivity contribution < 1.29 is 0 Å². The molecule has 1 aliphatic rings. The van der Waals surface area contributed by atoms with Gasteiger partial charge in [0.25, 0.3) is 5.56 Å². The molecular weight excluding hydrogens is 384 g/mol. The van der Waals surface area contributed by atoms with Crippen LogP contribution in [0, 0.1) is 13.8 Å². The van der Waals surface area contributed by atoms with Crippen LogP contribution in [0.2, 0.25) is 5.15 Å². The highest BCUT2D eigenvalue weighted by Crippen LogP contribution is 2.36. The Bertz CT molecular complexity index is 1190. The second-order valence-corrected chi connectivity index (χ2v) is 7.84. The van der Waals surface area contributed by atoms with Crippen molar-refractivity contribution in [3.05, 3.63) is 86.6 Å². The standard InChI is InChI=1S/C23H23ClN4O/c1-5-14(3)28-20(16-8-6-13(2)7-9-16)11-18(27-28)22-15(4)17-10-21(24)25-12-19(17)26-23(22)29/h6-10,12,20H,3,5,11H2,1-2,4H3,(H,26,29). The summed E-state index contributed by atoms with van der Waals surface area (Å²) in [7, 11) is 0. The maximum absolute atomic E-state index is 12.9. The lowest BCUT2D eigenvalue weighted by Crippen LogP contribution is -2.20. The van der Waals surface area contributed by atoms with Crippen LogP contribution < -0.4 is 5.56 Å². The van der Waals surface area contributed by atoms with Crippen molar-refractivity contribution in [1.82, 2.24) is 15.0 Å². The Morgan fingerprint density at radius 1 is 1.31 bits per heavy atom. The molecule has 1 aromatic carbocycles. The maximum Gasteiger partial charge on any atom is 0.257 e. The lowest BCUT2D eigenvalue weighted by molar-refractivity contribution is 0.293. The maximum atomic E-state index is 12.9. The molecule has 1 N–H and O–H groups in total. The summed E-state index contributed by atoms with van der Waals surface area (Å²) in [6, 6.07) is 10.2. The predicted molar refractivity (Wildman–Crippen MR) is 118 cm³/mol. The van der Waals surface area contributed by atoms with Crippen LogP contribution in [0.3, 0.4) is 0 Å². The number of aryl methyl sites for hydroxylation is 2. The molecule has 0 aliphatic carbocycles. The van der Waals surface area contributed by atoms with E-state index >= 15 is 0 Å². The Morgan fingerprint density at radius 2 is 2.03 bits per heavy atom. The number of hydrazone groups is 1. The fourth-order valence-corrected chi connectivity index (χ4v) is 4.00. The van der Waals surface area contributed by atoms with Gasteiger partial charge in [-0.15, -0.1) is 0 Å². The highest BCUT2D eigenvalue weighted by molar-refractivity contribution is 6.30. The Morgan fingerprint density at radius 3 is 2.72 bits per heavy atom. The molecule has 0 fully saturated rings. The third-order valence-corrected chi connectivity index (χ3v) is 5.72. The second-order valence-electron chi connectivity index (χ2n) is 7.45. The molecule has 1 aliphatic heterocycles. The van der Waals surface area contributed by atoms with E-state index < -0.39 is 0 Å². The minimum absolute atomic E-state index is 0.0218. The molecule has 0 amide bonds. The minimum Gasteiger partial charge on any atom is -0.320 e. The molecule has 0 spiro atoms. The smallest absolute Gasteiger partial charge is 0.257 e. The summed E-state index contributed by atoms with van der Waals surface area (Å²) in [5.74, 6) is 0. The quantitative estimate of drug-likeness (QED) is 0.600. The molecule has 0 bridgehead atoms. The molecule has 6 heteroatoms. The summed E-state index contributed by atoms with van der Waals surface area (Å²) in [6.07, 6.45) is 3.01. The predicted octanol–water partition coefficient (Wildman–Crippen LogP) is 5.27. The van der Waals surface area contributed by atoms with Gasteiger partial charge in [0.05, 0.1) is 29.0 Å². The summed E-state index contributed by atoms with van der Waals surface area (Å²) in [6.45, 7) is 10.3. The first-order valence-electron chi connectivity index (χ1n) is 9.68. The van der Waals surface area contributed by atoms with E-state index in [1.54, 1.807) is 12.3 Å². The fraction of sp³-hybridized carbons (Fsp3) is 0.261. The van der Waals surface area contributed by atoms with Crippen molar-refractivity contribution >= 4 is 28.2 Å². The number of pyridine rings is 2. The SMILES string of the molecule is C=C(CC)N1N=C(c2c(C)c3cc(Cl)ncc3[nH]c2=O)CC1c1ccc(C)cc1. The van der Waals surface area contributed by atoms with E-state index in [9.17, 15) is 4.79 Å². The molecule has 5 nitrogen and oxygen atoms in total. The minimum atomic E-state index is -0.163. The highest BCUT2D eigenvalue weighted by atomic mass is 35.5. The van der Waals surface area contributed by atoms with E-state index in [0.29, 0.717) is 22.7 Å². The largest absolute Gasteiger partial charge is 0.320 e. The van der Waals surface area contributed by atoms with Crippen molar-refractivity contribution in [1.29, 1.82) is 0 Å². The van der Waals surface area contributed by atoms with Crippen LogP contribution in [0.4, 0.5) is 0 Å². The van der Waals surface area contributed by atoms with E-state index in [1.807, 2.05) is 11.9 Å². The molecule has 148 valence electrons. The van der Waals surface area contributed by atoms with Crippen LogP contribution in [-0.4, -0.2) is 20.7 Å². The summed E-state index contributed by atoms with van der Waals surface area (Å²) >= 11 is 6.09. The Balaban J connectivity index is 1.83. The average Bonchev–Trinajstić information content (AvgIpc) is 3.13. The van der Waals surface area contributed by atoms with Gasteiger partial charge in [0.2, 0.25) is 0 Å². The van der Waals surface area contributed by atoms with Crippen LogP contribution in [0.15, 0.2) is 58.7 Å². The summed E-state index contributed by atoms with van der Waals surface area (Å²) in [5.41, 5.74) is 6.02. The monoisotopic (exact) mass is 406 g/mol. The first kappa shape index (κ1) is 19.4. The molecule has 29 heavy (non-hydrogen) atoms. The number of fused-ring (bicyclic) bond motifs is 1. The highest BCUT2D eigenvalue weighted by Gasteiger charge is 2.32. The van der Waals surface area contributed by atoms with Gasteiger partial charge in [-0.25, -0.2) is 4.98 Å². The van der Waals surface area contributed by atoms with Crippen molar-refractivity contribution in [3.8, 4) is 0 Å². The number of allylic oxidation sites excluding steroid dienone is 1. The number of aromatic amines is 1. The van der Waals surface area contributed by atoms with Gasteiger partial charge < -0.3 is 4.98 Å². The van der Waals surface area contributed by atoms with Gasteiger partial charge in [-0.2, -0.15) is 5.10 Å². The van der Waals surface area contributed by atoms with Gasteiger partial charge in [-0.1, -0.05) is 54.9 Å². The molecule has 1 atom stereocenters. The van der Waals surface area contributed by atoms with E-state index in [4.69, 9.17) is 16.7 Å². The molecule has 4 rings (SSSR count). The normalized spacial score (nSPS) is 16.3. The molecular formula is C23H23ClN4O. The average molecular weight is 407 g/mol. The Labute approximate surface area is 174 Å². The van der Waals surface area contributed by atoms with Crippen molar-refractivity contribution in [3.63, 3.8) is 0 Å². The molecule has 2 aromatic heterocycles. The van der Waals surface area contributed by atoms with E-state index in [1.165, 1.54) is 5.56 Å². The zero-order valence-electron chi connectivity index (χ0n) is 16.8. The molecule has 0 saturated carbocycles. The van der Waals surface area contributed by atoms with E-state index in [-0.39, 0.29) is 11.6 Å². The Kier molecular flexibility index (Phi) is 5.01. The first-order valence-corrected chi connectivity index (χ1v) is 10.1. The number of rotatable bonds is 4. The van der Waals surface area contributed by atoms with Crippen molar-refractivity contribution in [2.75, 3.05) is 0 Å². The van der Waals surface area contributed by atoms with Crippen LogP contribution in [-0.2, 0) is 0 Å². The second kappa shape index (κ2) is 7.48. The van der Waals surface area contributed by atoms with Gasteiger partial charge in [0, 0.05) is 17.5 Å². The lowest BCUT2D eigenvalue weighted by Gasteiger charge is -2.25. The van der Waals surface area contributed by atoms with Gasteiger partial charge in [0.1, 0.15) is 5.15 Å². The van der Waals surface area contributed by atoms with Gasteiger partial charge in [0.15, 0.2) is 0 Å². The molecule has 0 radical (unpaired) electrons. The van der Waals surface area contributed by atoms with Crippen molar-refractivity contribution in [2.24, 2.45) is 5.10 Å². The number of aromatic nitrogens is 2. The topological polar surface area (TPSA) is 61.4 Å². The Hall–Kier alpha value is -2.92. The van der Waals surface area contributed by atoms with Crippen LogP contribution >= 0.6 is 11.6 Å². The third kappa shape index (κ3) is 3.47. The molecule has 1 unspecified atom stereocenters. The fourth-order valence-electron chi connectivity index (χ4n) is 3.84. The molecule has 0 saturated heterocycles. The van der Waals surface area contributed by atoms with E-state index in [0.717, 1.165) is 34.3 Å². The number of H-pyrrole nitrogens is 1.